The molecule has 36 heavy (non-hydrogen) atoms. The maximum absolute atomic E-state index is 13.1. The Labute approximate surface area is 212 Å². The zero-order valence-corrected chi connectivity index (χ0v) is 22.0. The third-order valence-electron chi connectivity index (χ3n) is 7.24. The van der Waals surface area contributed by atoms with Crippen LogP contribution in [0.25, 0.3) is 0 Å². The Balaban J connectivity index is 1.55. The molecule has 1 aromatic rings. The molecule has 1 spiro atoms. The van der Waals surface area contributed by atoms with Gasteiger partial charge in [0, 0.05) is 17.2 Å². The molecule has 1 saturated carbocycles. The van der Waals surface area contributed by atoms with Crippen LogP contribution in [0, 0.1) is 17.3 Å². The number of anilines is 1. The topological polar surface area (TPSA) is 122 Å². The molecule has 9 nitrogen and oxygen atoms in total. The van der Waals surface area contributed by atoms with E-state index in [0.717, 1.165) is 17.7 Å². The van der Waals surface area contributed by atoms with Gasteiger partial charge in [-0.25, -0.2) is 4.79 Å². The van der Waals surface area contributed by atoms with Crippen LogP contribution in [0.5, 0.6) is 0 Å². The summed E-state index contributed by atoms with van der Waals surface area (Å²) in [6.07, 6.45) is 1.60. The number of carbonyl (C=O) groups excluding carboxylic acids is 5. The Morgan fingerprint density at radius 1 is 1.08 bits per heavy atom. The third kappa shape index (κ3) is 5.94. The number of nitrogens with one attached hydrogen (secondary N) is 2. The summed E-state index contributed by atoms with van der Waals surface area (Å²) >= 11 is 0. The smallest absolute Gasteiger partial charge is 0.326 e. The van der Waals surface area contributed by atoms with E-state index in [1.807, 2.05) is 0 Å². The van der Waals surface area contributed by atoms with Gasteiger partial charge in [0.05, 0.1) is 0 Å². The van der Waals surface area contributed by atoms with Gasteiger partial charge in [-0.1, -0.05) is 34.6 Å². The number of imide groups is 1. The fourth-order valence-electron chi connectivity index (χ4n) is 4.79. The molecule has 1 saturated heterocycles. The van der Waals surface area contributed by atoms with E-state index in [4.69, 9.17) is 4.74 Å². The number of ether oxygens (including phenoxy) is 1. The fourth-order valence-corrected chi connectivity index (χ4v) is 4.79. The molecule has 1 atom stereocenters. The van der Waals surface area contributed by atoms with Crippen molar-refractivity contribution in [1.29, 1.82) is 0 Å². The quantitative estimate of drug-likeness (QED) is 0.333. The first-order valence-corrected chi connectivity index (χ1v) is 12.5. The first-order chi connectivity index (χ1) is 16.7. The molecule has 0 aromatic heterocycles. The summed E-state index contributed by atoms with van der Waals surface area (Å²) in [5.74, 6) is -1.53. The van der Waals surface area contributed by atoms with Gasteiger partial charge in [-0.3, -0.25) is 24.1 Å². The molecular weight excluding hydrogens is 462 g/mol. The number of hydrogen-bond acceptors (Lipinski definition) is 6. The van der Waals surface area contributed by atoms with Gasteiger partial charge in [0.25, 0.3) is 5.91 Å². The largest absolute Gasteiger partial charge is 0.453 e. The van der Waals surface area contributed by atoms with E-state index in [0.29, 0.717) is 30.0 Å². The zero-order chi connectivity index (χ0) is 26.8. The van der Waals surface area contributed by atoms with Crippen LogP contribution in [-0.4, -0.2) is 52.7 Å². The van der Waals surface area contributed by atoms with Gasteiger partial charge in [0.2, 0.25) is 11.7 Å². The Bertz CT molecular complexity index is 1030. The number of carbonyl (C=O) groups is 5. The van der Waals surface area contributed by atoms with Crippen molar-refractivity contribution >= 4 is 35.3 Å². The summed E-state index contributed by atoms with van der Waals surface area (Å²) in [5, 5.41) is 5.55. The minimum absolute atomic E-state index is 0.127. The predicted octanol–water partition coefficient (Wildman–Crippen LogP) is 3.92. The van der Waals surface area contributed by atoms with Gasteiger partial charge in [-0.05, 0) is 68.2 Å². The summed E-state index contributed by atoms with van der Waals surface area (Å²) in [4.78, 5) is 63.6. The summed E-state index contributed by atoms with van der Waals surface area (Å²) in [6.45, 7) is 11.0. The van der Waals surface area contributed by atoms with Crippen LogP contribution in [0.2, 0.25) is 0 Å². The lowest BCUT2D eigenvalue weighted by molar-refractivity contribution is -0.150. The van der Waals surface area contributed by atoms with E-state index >= 15 is 0 Å². The van der Waals surface area contributed by atoms with Crippen molar-refractivity contribution in [3.8, 4) is 0 Å². The Morgan fingerprint density at radius 3 is 2.19 bits per heavy atom. The maximum Gasteiger partial charge on any atom is 0.326 e. The molecule has 4 amide bonds. The first kappa shape index (κ1) is 27.4. The highest BCUT2D eigenvalue weighted by Crippen LogP contribution is 2.43. The minimum Gasteiger partial charge on any atom is -0.453 e. The summed E-state index contributed by atoms with van der Waals surface area (Å²) in [7, 11) is 0. The molecule has 0 radical (unpaired) electrons. The van der Waals surface area contributed by atoms with Gasteiger partial charge in [-0.15, -0.1) is 0 Å². The lowest BCUT2D eigenvalue weighted by Gasteiger charge is -2.40. The Morgan fingerprint density at radius 2 is 1.67 bits per heavy atom. The van der Waals surface area contributed by atoms with E-state index in [2.05, 4.69) is 31.4 Å². The molecule has 2 N–H and O–H groups in total. The number of hydrogen-bond donors (Lipinski definition) is 2. The van der Waals surface area contributed by atoms with Gasteiger partial charge in [0.15, 0.2) is 6.10 Å². The molecule has 2 fully saturated rings. The van der Waals surface area contributed by atoms with Crippen molar-refractivity contribution in [3.05, 3.63) is 29.8 Å². The highest BCUT2D eigenvalue weighted by atomic mass is 16.5. The second-order valence-electron chi connectivity index (χ2n) is 11.3. The molecule has 1 aromatic carbocycles. The fraction of sp³-hybridized carbons (Fsp3) is 0.593. The highest BCUT2D eigenvalue weighted by Gasteiger charge is 2.53. The molecule has 1 aliphatic heterocycles. The van der Waals surface area contributed by atoms with E-state index < -0.39 is 41.9 Å². The van der Waals surface area contributed by atoms with Crippen LogP contribution < -0.4 is 10.6 Å². The summed E-state index contributed by atoms with van der Waals surface area (Å²) < 4.78 is 5.26. The average Bonchev–Trinajstić information content (AvgIpc) is 3.02. The molecule has 9 heteroatoms. The SMILES string of the molecule is CC(C)C(=O)Nc1ccc(C(=O)C(C)OC(=O)CN2C(=O)NC3(CCC(C(C)(C)C)CC3)C2=O)cc1. The number of nitrogens with zero attached hydrogens (tertiary/aromatic N) is 1. The monoisotopic (exact) mass is 499 g/mol. The molecule has 1 unspecified atom stereocenters. The van der Waals surface area contributed by atoms with Gasteiger partial charge in [0.1, 0.15) is 12.1 Å². The Hall–Kier alpha value is -3.23. The van der Waals surface area contributed by atoms with Crippen LogP contribution in [-0.2, 0) is 19.1 Å². The van der Waals surface area contributed by atoms with E-state index in [1.165, 1.54) is 19.1 Å². The molecule has 1 heterocycles. The maximum atomic E-state index is 13.1. The van der Waals surface area contributed by atoms with E-state index in [1.54, 1.807) is 26.0 Å². The number of urea groups is 1. The number of ketones is 1. The van der Waals surface area contributed by atoms with Crippen molar-refractivity contribution in [2.24, 2.45) is 17.3 Å². The van der Waals surface area contributed by atoms with Crippen LogP contribution in [0.15, 0.2) is 24.3 Å². The summed E-state index contributed by atoms with van der Waals surface area (Å²) in [6, 6.07) is 5.67. The number of benzene rings is 1. The molecule has 2 aliphatic rings. The van der Waals surface area contributed by atoms with Crippen molar-refractivity contribution in [2.75, 3.05) is 11.9 Å². The first-order valence-electron chi connectivity index (χ1n) is 12.5. The van der Waals surface area contributed by atoms with Gasteiger partial charge >= 0.3 is 12.0 Å². The summed E-state index contributed by atoms with van der Waals surface area (Å²) in [5.41, 5.74) is 0.0241. The average molecular weight is 500 g/mol. The molecule has 3 rings (SSSR count). The molecule has 0 bridgehead atoms. The van der Waals surface area contributed by atoms with Crippen LogP contribution >= 0.6 is 0 Å². The predicted molar refractivity (Wildman–Crippen MR) is 134 cm³/mol. The lowest BCUT2D eigenvalue weighted by atomic mass is 9.67. The van der Waals surface area contributed by atoms with E-state index in [9.17, 15) is 24.0 Å². The highest BCUT2D eigenvalue weighted by molar-refractivity contribution is 6.09. The number of amides is 4. The normalized spacial score (nSPS) is 23.0. The Kier molecular flexibility index (Phi) is 7.91. The molecule has 196 valence electrons. The van der Waals surface area contributed by atoms with Crippen molar-refractivity contribution in [2.45, 2.75) is 78.9 Å². The standard InChI is InChI=1S/C27H37N3O6/c1-16(2)23(33)28-20-9-7-18(8-10-20)22(32)17(3)36-21(31)15-30-24(34)27(29-25(30)35)13-11-19(12-14-27)26(4,5)6/h7-10,16-17,19H,11-15H2,1-6H3,(H,28,33)(H,29,35). The number of rotatable bonds is 7. The molecular formula is C27H37N3O6. The van der Waals surface area contributed by atoms with Crippen molar-refractivity contribution in [1.82, 2.24) is 10.2 Å². The number of esters is 1. The minimum atomic E-state index is -1.11. The van der Waals surface area contributed by atoms with Gasteiger partial charge < -0.3 is 15.4 Å². The second-order valence-corrected chi connectivity index (χ2v) is 11.3. The number of Topliss-reactive ketones (excluding diaryl/α,β-unsaturated/α-hetero) is 1. The van der Waals surface area contributed by atoms with Crippen LogP contribution in [0.4, 0.5) is 10.5 Å². The van der Waals surface area contributed by atoms with Crippen LogP contribution in [0.3, 0.4) is 0 Å². The van der Waals surface area contributed by atoms with Crippen molar-refractivity contribution in [3.63, 3.8) is 0 Å². The van der Waals surface area contributed by atoms with Crippen LogP contribution in [0.1, 0.15) is 77.6 Å². The van der Waals surface area contributed by atoms with Gasteiger partial charge in [-0.2, -0.15) is 0 Å². The third-order valence-corrected chi connectivity index (χ3v) is 7.24. The zero-order valence-electron chi connectivity index (χ0n) is 22.0. The molecule has 1 aliphatic carbocycles. The lowest BCUT2D eigenvalue weighted by Crippen LogP contribution is -2.50. The van der Waals surface area contributed by atoms with E-state index in [-0.39, 0.29) is 17.2 Å². The van der Waals surface area contributed by atoms with Crippen molar-refractivity contribution < 1.29 is 28.7 Å². The second kappa shape index (κ2) is 10.4.